The minimum Gasteiger partial charge on any atom is -0.493 e. The Balaban J connectivity index is 1.88. The maximum Gasteiger partial charge on any atom is 0.337 e. The molecule has 0 saturated heterocycles. The molecule has 3 rings (SSSR count). The summed E-state index contributed by atoms with van der Waals surface area (Å²) in [5.41, 5.74) is 2.75. The normalized spacial score (nSPS) is 15.0. The smallest absolute Gasteiger partial charge is 0.337 e. The molecule has 0 radical (unpaired) electrons. The highest BCUT2D eigenvalue weighted by atomic mass is 32.1. The molecule has 2 aromatic carbocycles. The zero-order valence-electron chi connectivity index (χ0n) is 18.3. The Morgan fingerprint density at radius 3 is 2.42 bits per heavy atom. The molecule has 0 bridgehead atoms. The summed E-state index contributed by atoms with van der Waals surface area (Å²) >= 11 is 5.63. The number of fused-ring (bicyclic) bond motifs is 1. The molecule has 1 atom stereocenters. The van der Waals surface area contributed by atoms with Crippen LogP contribution >= 0.6 is 12.2 Å². The SMILES string of the molecule is CCNC(=S)N1CCc2cc(OC)c(OC)cc2C1COc1ccc(C(=O)OC)cc1. The van der Waals surface area contributed by atoms with E-state index >= 15 is 0 Å². The van der Waals surface area contributed by atoms with Gasteiger partial charge >= 0.3 is 5.97 Å². The molecule has 1 heterocycles. The molecule has 1 aliphatic heterocycles. The number of thiocarbonyl (C=S) groups is 1. The second-order valence-corrected chi connectivity index (χ2v) is 7.41. The van der Waals surface area contributed by atoms with Crippen LogP contribution in [0.3, 0.4) is 0 Å². The van der Waals surface area contributed by atoms with Crippen molar-refractivity contribution in [3.8, 4) is 17.2 Å². The Bertz CT molecular complexity index is 932. The van der Waals surface area contributed by atoms with Crippen LogP contribution in [0.4, 0.5) is 0 Å². The van der Waals surface area contributed by atoms with Crippen molar-refractivity contribution in [2.75, 3.05) is 41.0 Å². The van der Waals surface area contributed by atoms with Gasteiger partial charge in [0.2, 0.25) is 0 Å². The van der Waals surface area contributed by atoms with Gasteiger partial charge in [0.25, 0.3) is 0 Å². The third-order valence-electron chi connectivity index (χ3n) is 5.27. The first kappa shape index (κ1) is 22.7. The Morgan fingerprint density at radius 1 is 1.13 bits per heavy atom. The van der Waals surface area contributed by atoms with E-state index in [-0.39, 0.29) is 12.0 Å². The van der Waals surface area contributed by atoms with Crippen LogP contribution in [0.5, 0.6) is 17.2 Å². The molecule has 8 heteroatoms. The molecule has 0 spiro atoms. The predicted molar refractivity (Wildman–Crippen MR) is 122 cm³/mol. The number of nitrogens with zero attached hydrogens (tertiary/aromatic N) is 1. The van der Waals surface area contributed by atoms with Gasteiger partial charge in [-0.05, 0) is 73.1 Å². The second kappa shape index (κ2) is 10.3. The quantitative estimate of drug-likeness (QED) is 0.515. The highest BCUT2D eigenvalue weighted by molar-refractivity contribution is 7.80. The lowest BCUT2D eigenvalue weighted by Gasteiger charge is -2.39. The Kier molecular flexibility index (Phi) is 7.57. The standard InChI is InChI=1S/C23H28N2O5S/c1-5-24-23(31)25-11-10-16-12-20(27-2)21(28-3)13-18(16)19(25)14-30-17-8-6-15(7-9-17)22(26)29-4/h6-9,12-13,19H,5,10-11,14H2,1-4H3,(H,24,31). The zero-order chi connectivity index (χ0) is 22.4. The molecule has 0 amide bonds. The lowest BCUT2D eigenvalue weighted by atomic mass is 9.92. The molecule has 0 saturated carbocycles. The largest absolute Gasteiger partial charge is 0.493 e. The monoisotopic (exact) mass is 444 g/mol. The minimum absolute atomic E-state index is 0.101. The van der Waals surface area contributed by atoms with E-state index in [0.717, 1.165) is 25.1 Å². The molecule has 0 aliphatic carbocycles. The highest BCUT2D eigenvalue weighted by Crippen LogP contribution is 2.38. The van der Waals surface area contributed by atoms with Gasteiger partial charge in [0.1, 0.15) is 12.4 Å². The summed E-state index contributed by atoms with van der Waals surface area (Å²) in [6, 6.07) is 10.8. The topological polar surface area (TPSA) is 69.3 Å². The third-order valence-corrected chi connectivity index (χ3v) is 5.65. The first-order chi connectivity index (χ1) is 15.0. The van der Waals surface area contributed by atoms with Gasteiger partial charge in [0.05, 0.1) is 32.9 Å². The van der Waals surface area contributed by atoms with Gasteiger partial charge in [0.15, 0.2) is 16.6 Å². The van der Waals surface area contributed by atoms with E-state index in [0.29, 0.717) is 34.5 Å². The van der Waals surface area contributed by atoms with Gasteiger partial charge in [-0.25, -0.2) is 4.79 Å². The van der Waals surface area contributed by atoms with Crippen LogP contribution in [0.25, 0.3) is 0 Å². The fourth-order valence-electron chi connectivity index (χ4n) is 3.68. The molecule has 31 heavy (non-hydrogen) atoms. The van der Waals surface area contributed by atoms with Crippen molar-refractivity contribution < 1.29 is 23.7 Å². The van der Waals surface area contributed by atoms with Crippen LogP contribution in [0, 0.1) is 0 Å². The van der Waals surface area contributed by atoms with Crippen molar-refractivity contribution in [2.45, 2.75) is 19.4 Å². The van der Waals surface area contributed by atoms with E-state index in [2.05, 4.69) is 10.2 Å². The van der Waals surface area contributed by atoms with Crippen molar-refractivity contribution >= 4 is 23.3 Å². The lowest BCUT2D eigenvalue weighted by Crippen LogP contribution is -2.47. The number of hydrogen-bond donors (Lipinski definition) is 1. The summed E-state index contributed by atoms with van der Waals surface area (Å²) in [5.74, 6) is 1.66. The maximum atomic E-state index is 11.6. The van der Waals surface area contributed by atoms with Crippen LogP contribution < -0.4 is 19.5 Å². The van der Waals surface area contributed by atoms with Crippen LogP contribution in [-0.4, -0.2) is 57.0 Å². The van der Waals surface area contributed by atoms with Crippen LogP contribution in [0.15, 0.2) is 36.4 Å². The molecule has 2 aromatic rings. The average Bonchev–Trinajstić information content (AvgIpc) is 2.81. The summed E-state index contributed by atoms with van der Waals surface area (Å²) in [6.07, 6.45) is 0.839. The molecule has 1 aliphatic rings. The molecule has 166 valence electrons. The molecule has 1 unspecified atom stereocenters. The predicted octanol–water partition coefficient (Wildman–Crippen LogP) is 3.36. The molecular weight excluding hydrogens is 416 g/mol. The first-order valence-electron chi connectivity index (χ1n) is 10.1. The molecule has 1 N–H and O–H groups in total. The van der Waals surface area contributed by atoms with Crippen LogP contribution in [-0.2, 0) is 11.2 Å². The van der Waals surface area contributed by atoms with Gasteiger partial charge in [-0.2, -0.15) is 0 Å². The van der Waals surface area contributed by atoms with Crippen LogP contribution in [0.2, 0.25) is 0 Å². The van der Waals surface area contributed by atoms with Crippen molar-refractivity contribution in [1.82, 2.24) is 10.2 Å². The minimum atomic E-state index is -0.379. The first-order valence-corrected chi connectivity index (χ1v) is 10.5. The van der Waals surface area contributed by atoms with Gasteiger partial charge < -0.3 is 29.2 Å². The molecule has 7 nitrogen and oxygen atoms in total. The highest BCUT2D eigenvalue weighted by Gasteiger charge is 2.31. The van der Waals surface area contributed by atoms with Gasteiger partial charge in [0, 0.05) is 13.1 Å². The Hall–Kier alpha value is -3.00. The van der Waals surface area contributed by atoms with Crippen molar-refractivity contribution in [3.63, 3.8) is 0 Å². The fourth-order valence-corrected chi connectivity index (χ4v) is 4.05. The number of carbonyl (C=O) groups is 1. The number of benzene rings is 2. The number of ether oxygens (including phenoxy) is 4. The molecule has 0 fully saturated rings. The van der Waals surface area contributed by atoms with E-state index in [1.54, 1.807) is 38.5 Å². The number of carbonyl (C=O) groups excluding carboxylic acids is 1. The number of methoxy groups -OCH3 is 3. The third kappa shape index (κ3) is 5.02. The van der Waals surface area contributed by atoms with Crippen LogP contribution in [0.1, 0.15) is 34.5 Å². The Labute approximate surface area is 188 Å². The van der Waals surface area contributed by atoms with E-state index in [1.807, 2.05) is 19.1 Å². The summed E-state index contributed by atoms with van der Waals surface area (Å²) in [6.45, 7) is 3.92. The van der Waals surface area contributed by atoms with Crippen molar-refractivity contribution in [1.29, 1.82) is 0 Å². The molecule has 0 aromatic heterocycles. The number of hydrogen-bond acceptors (Lipinski definition) is 6. The summed E-state index contributed by atoms with van der Waals surface area (Å²) in [4.78, 5) is 13.8. The number of nitrogens with one attached hydrogen (secondary N) is 1. The van der Waals surface area contributed by atoms with Gasteiger partial charge in [-0.15, -0.1) is 0 Å². The fraction of sp³-hybridized carbons (Fsp3) is 0.391. The number of esters is 1. The lowest BCUT2D eigenvalue weighted by molar-refractivity contribution is 0.0600. The summed E-state index contributed by atoms with van der Waals surface area (Å²) in [7, 11) is 4.62. The van der Waals surface area contributed by atoms with Gasteiger partial charge in [-0.3, -0.25) is 0 Å². The zero-order valence-corrected chi connectivity index (χ0v) is 19.1. The van der Waals surface area contributed by atoms with E-state index in [4.69, 9.17) is 31.2 Å². The average molecular weight is 445 g/mol. The Morgan fingerprint density at radius 2 is 1.81 bits per heavy atom. The summed E-state index contributed by atoms with van der Waals surface area (Å²) in [5, 5.41) is 3.94. The van der Waals surface area contributed by atoms with Gasteiger partial charge in [-0.1, -0.05) is 0 Å². The summed E-state index contributed by atoms with van der Waals surface area (Å²) < 4.78 is 21.9. The van der Waals surface area contributed by atoms with E-state index < -0.39 is 0 Å². The maximum absolute atomic E-state index is 11.6. The van der Waals surface area contributed by atoms with E-state index in [9.17, 15) is 4.79 Å². The molecular formula is C23H28N2O5S. The number of rotatable bonds is 7. The van der Waals surface area contributed by atoms with Crippen molar-refractivity contribution in [3.05, 3.63) is 53.1 Å². The van der Waals surface area contributed by atoms with E-state index in [1.165, 1.54) is 12.7 Å². The second-order valence-electron chi connectivity index (χ2n) is 7.03. The van der Waals surface area contributed by atoms with Crippen molar-refractivity contribution in [2.24, 2.45) is 0 Å².